The molecule has 0 fully saturated rings. The molecule has 0 heterocycles. The van der Waals surface area contributed by atoms with E-state index in [1.165, 1.54) is 28.8 Å². The van der Waals surface area contributed by atoms with E-state index in [0.717, 1.165) is 67.3 Å². The molecule has 0 bridgehead atoms. The molecule has 3 atom stereocenters. The van der Waals surface area contributed by atoms with Crippen molar-refractivity contribution in [2.24, 2.45) is 11.8 Å². The molecule has 2 aromatic carbocycles. The van der Waals surface area contributed by atoms with Crippen molar-refractivity contribution < 1.29 is 22.7 Å². The summed E-state index contributed by atoms with van der Waals surface area (Å²) in [7, 11) is -2.40. The Morgan fingerprint density at radius 3 is 2.27 bits per heavy atom. The fourth-order valence-electron chi connectivity index (χ4n) is 6.62. The lowest BCUT2D eigenvalue weighted by molar-refractivity contribution is -0.129. The maximum Gasteiger partial charge on any atom is 0.333 e. The lowest BCUT2D eigenvalue weighted by Crippen LogP contribution is -2.43. The molecule has 0 saturated heterocycles. The first-order chi connectivity index (χ1) is 19.2. The van der Waals surface area contributed by atoms with Gasteiger partial charge in [0.2, 0.25) is 5.91 Å². The lowest BCUT2D eigenvalue weighted by Gasteiger charge is -2.33. The van der Waals surface area contributed by atoms with Crippen LogP contribution in [0.4, 0.5) is 10.5 Å². The van der Waals surface area contributed by atoms with Gasteiger partial charge in [-0.25, -0.2) is 17.9 Å². The smallest absolute Gasteiger partial charge is 0.333 e. The topological polar surface area (TPSA) is 114 Å². The van der Waals surface area contributed by atoms with Crippen LogP contribution < -0.4 is 15.4 Å². The average Bonchev–Trinajstić information content (AvgIpc) is 3.58. The Morgan fingerprint density at radius 2 is 1.65 bits per heavy atom. The van der Waals surface area contributed by atoms with E-state index < -0.39 is 16.1 Å². The number of aryl methyl sites for hydroxylation is 2. The van der Waals surface area contributed by atoms with Crippen LogP contribution in [0.1, 0.15) is 60.9 Å². The van der Waals surface area contributed by atoms with E-state index >= 15 is 0 Å². The van der Waals surface area contributed by atoms with Crippen molar-refractivity contribution >= 4 is 27.6 Å². The fraction of sp³-hybridized carbons (Fsp3) is 0.484. The number of carbonyl (C=O) groups excluding carboxylic acids is 2. The maximum atomic E-state index is 13.0. The van der Waals surface area contributed by atoms with Gasteiger partial charge < -0.3 is 15.4 Å². The molecule has 3 aliphatic carbocycles. The minimum atomic E-state index is -4.04. The Balaban J connectivity index is 1.17. The summed E-state index contributed by atoms with van der Waals surface area (Å²) in [5.74, 6) is -0.122. The molecule has 8 nitrogen and oxygen atoms in total. The zero-order valence-corrected chi connectivity index (χ0v) is 24.3. The molecule has 3 N–H and O–H groups in total. The zero-order valence-electron chi connectivity index (χ0n) is 23.5. The largest absolute Gasteiger partial charge is 0.380 e. The van der Waals surface area contributed by atoms with E-state index in [1.807, 2.05) is 13.0 Å². The molecule has 0 saturated carbocycles. The number of benzene rings is 2. The van der Waals surface area contributed by atoms with Crippen molar-refractivity contribution in [2.45, 2.75) is 76.2 Å². The van der Waals surface area contributed by atoms with E-state index in [-0.39, 0.29) is 28.7 Å². The molecule has 214 valence electrons. The number of nitrogens with one attached hydrogen (secondary N) is 3. The predicted octanol–water partition coefficient (Wildman–Crippen LogP) is 4.45. The molecule has 0 aliphatic heterocycles. The van der Waals surface area contributed by atoms with Gasteiger partial charge in [-0.15, -0.1) is 0 Å². The molecule has 0 spiro atoms. The number of urea groups is 1. The highest BCUT2D eigenvalue weighted by Gasteiger charge is 2.34. The van der Waals surface area contributed by atoms with Gasteiger partial charge in [-0.1, -0.05) is 36.8 Å². The van der Waals surface area contributed by atoms with Crippen LogP contribution in [0.15, 0.2) is 46.9 Å². The molecule has 2 aromatic rings. The fourth-order valence-corrected chi connectivity index (χ4v) is 7.53. The maximum absolute atomic E-state index is 13.0. The van der Waals surface area contributed by atoms with Gasteiger partial charge in [-0.05, 0) is 104 Å². The second-order valence-electron chi connectivity index (χ2n) is 11.4. The number of methoxy groups -OCH3 is 1. The summed E-state index contributed by atoms with van der Waals surface area (Å²) in [6.45, 7) is 4.56. The molecule has 0 radical (unpaired) electrons. The van der Waals surface area contributed by atoms with E-state index in [9.17, 15) is 18.0 Å². The highest BCUT2D eigenvalue weighted by atomic mass is 32.2. The summed E-state index contributed by atoms with van der Waals surface area (Å²) < 4.78 is 33.7. The van der Waals surface area contributed by atoms with Gasteiger partial charge in [-0.3, -0.25) is 4.79 Å². The van der Waals surface area contributed by atoms with Crippen molar-refractivity contribution in [3.63, 3.8) is 0 Å². The van der Waals surface area contributed by atoms with Gasteiger partial charge in [0, 0.05) is 19.3 Å². The number of rotatable bonds is 8. The first-order valence-electron chi connectivity index (χ1n) is 14.2. The van der Waals surface area contributed by atoms with Gasteiger partial charge in [0.1, 0.15) is 0 Å². The summed E-state index contributed by atoms with van der Waals surface area (Å²) in [6.07, 6.45) is 9.20. The Bertz CT molecular complexity index is 1400. The quantitative estimate of drug-likeness (QED) is 0.410. The molecule has 3 unspecified atom stereocenters. The Hall–Kier alpha value is -3.17. The monoisotopic (exact) mass is 565 g/mol. The summed E-state index contributed by atoms with van der Waals surface area (Å²) in [5, 5.41) is 5.86. The van der Waals surface area contributed by atoms with Gasteiger partial charge >= 0.3 is 6.03 Å². The van der Waals surface area contributed by atoms with Crippen LogP contribution >= 0.6 is 0 Å². The summed E-state index contributed by atoms with van der Waals surface area (Å²) in [4.78, 5) is 25.7. The van der Waals surface area contributed by atoms with E-state index in [1.54, 1.807) is 19.2 Å². The molecule has 3 aliphatic rings. The number of hydrogen-bond acceptors (Lipinski definition) is 5. The second kappa shape index (κ2) is 11.7. The third-order valence-corrected chi connectivity index (χ3v) is 9.83. The Morgan fingerprint density at radius 1 is 1.00 bits per heavy atom. The summed E-state index contributed by atoms with van der Waals surface area (Å²) in [5.41, 5.74) is 7.70. The van der Waals surface area contributed by atoms with Gasteiger partial charge in [0.15, 0.2) is 0 Å². The molecule has 9 heteroatoms. The summed E-state index contributed by atoms with van der Waals surface area (Å²) in [6, 6.07) is 7.92. The minimum absolute atomic E-state index is 0.0127. The van der Waals surface area contributed by atoms with E-state index in [2.05, 4.69) is 28.3 Å². The van der Waals surface area contributed by atoms with Crippen LogP contribution in [0.5, 0.6) is 0 Å². The molecule has 3 amide bonds. The minimum Gasteiger partial charge on any atom is -0.380 e. The Kier molecular flexibility index (Phi) is 8.33. The van der Waals surface area contributed by atoms with Gasteiger partial charge in [0.05, 0.1) is 16.9 Å². The molecular formula is C31H39N3O5S. The van der Waals surface area contributed by atoms with Crippen LogP contribution in [0.3, 0.4) is 0 Å². The van der Waals surface area contributed by atoms with Crippen molar-refractivity contribution in [3.05, 3.63) is 69.8 Å². The molecular weight excluding hydrogens is 526 g/mol. The number of carbonyl (C=O) groups is 2. The van der Waals surface area contributed by atoms with Crippen molar-refractivity contribution in [1.82, 2.24) is 10.0 Å². The van der Waals surface area contributed by atoms with Crippen LogP contribution in [-0.2, 0) is 51.7 Å². The first kappa shape index (κ1) is 28.4. The van der Waals surface area contributed by atoms with Crippen LogP contribution in [0, 0.1) is 11.8 Å². The van der Waals surface area contributed by atoms with Gasteiger partial charge in [0.25, 0.3) is 10.0 Å². The molecule has 0 aromatic heterocycles. The lowest BCUT2D eigenvalue weighted by atomic mass is 9.80. The number of hydrogen-bond donors (Lipinski definition) is 3. The standard InChI is InChI=1S/C31H39N3O5S/c1-19-16-20(2)29(39-3)27(17-19)30(35)32-15-14-21-10-12-24(13-11-21)40(37,38)34-31(36)33-28-25-8-4-6-22(25)18-23-7-5-9-26(23)28/h10-13,17-18,20,27,29H,4-9,14-16H2,1-3H3,(H,32,35)(H2,33,34,36). The number of amides is 3. The molecule has 5 rings (SSSR count). The van der Waals surface area contributed by atoms with E-state index in [4.69, 9.17) is 4.74 Å². The first-order valence-corrected chi connectivity index (χ1v) is 15.7. The highest BCUT2D eigenvalue weighted by Crippen LogP contribution is 2.38. The number of fused-ring (bicyclic) bond motifs is 2. The SMILES string of the molecule is COC1C(C)CC(C)=CC1C(=O)NCCc1ccc(S(=O)(=O)NC(=O)Nc2c3c(cc4c2CCC4)CCC3)cc1. The number of sulfonamides is 1. The predicted molar refractivity (Wildman–Crippen MR) is 155 cm³/mol. The normalized spacial score (nSPS) is 21.8. The van der Waals surface area contributed by atoms with Crippen molar-refractivity contribution in [1.29, 1.82) is 0 Å². The van der Waals surface area contributed by atoms with E-state index in [0.29, 0.717) is 13.0 Å². The van der Waals surface area contributed by atoms with Crippen LogP contribution in [0.2, 0.25) is 0 Å². The highest BCUT2D eigenvalue weighted by molar-refractivity contribution is 7.90. The zero-order chi connectivity index (χ0) is 28.4. The third-order valence-electron chi connectivity index (χ3n) is 8.48. The number of allylic oxidation sites excluding steroid dienone is 1. The van der Waals surface area contributed by atoms with Crippen LogP contribution in [0.25, 0.3) is 0 Å². The Labute approximate surface area is 237 Å². The summed E-state index contributed by atoms with van der Waals surface area (Å²) >= 11 is 0. The van der Waals surface area contributed by atoms with Crippen molar-refractivity contribution in [3.8, 4) is 0 Å². The third kappa shape index (κ3) is 5.95. The second-order valence-corrected chi connectivity index (χ2v) is 13.1. The van der Waals surface area contributed by atoms with Crippen LogP contribution in [-0.4, -0.2) is 40.1 Å². The number of ether oxygens (including phenoxy) is 1. The average molecular weight is 566 g/mol. The molecule has 40 heavy (non-hydrogen) atoms. The van der Waals surface area contributed by atoms with Crippen molar-refractivity contribution in [2.75, 3.05) is 19.0 Å². The van der Waals surface area contributed by atoms with Gasteiger partial charge in [-0.2, -0.15) is 0 Å². The number of anilines is 1.